The minimum absolute atomic E-state index is 0.109. The predicted molar refractivity (Wildman–Crippen MR) is 100 cm³/mol. The molecule has 2 aliphatic heterocycles. The van der Waals surface area contributed by atoms with Gasteiger partial charge >= 0.3 is 0 Å². The highest BCUT2D eigenvalue weighted by Gasteiger charge is 2.24. The smallest absolute Gasteiger partial charge is 0.234 e. The van der Waals surface area contributed by atoms with Crippen molar-refractivity contribution in [3.8, 4) is 0 Å². The first kappa shape index (κ1) is 17.0. The van der Waals surface area contributed by atoms with E-state index in [4.69, 9.17) is 0 Å². The van der Waals surface area contributed by atoms with Gasteiger partial charge in [-0.05, 0) is 48.2 Å². The van der Waals surface area contributed by atoms with Gasteiger partial charge in [-0.15, -0.1) is 0 Å². The Morgan fingerprint density at radius 2 is 1.62 bits per heavy atom. The maximum absolute atomic E-state index is 13.0. The van der Waals surface area contributed by atoms with Crippen LogP contribution in [0.2, 0.25) is 0 Å². The summed E-state index contributed by atoms with van der Waals surface area (Å²) in [5.74, 6) is -0.0991. The maximum Gasteiger partial charge on any atom is 0.234 e. The van der Waals surface area contributed by atoms with Crippen molar-refractivity contribution in [1.29, 1.82) is 0 Å². The maximum atomic E-state index is 13.0. The van der Waals surface area contributed by atoms with Crippen LogP contribution in [0.1, 0.15) is 24.0 Å². The van der Waals surface area contributed by atoms with E-state index in [9.17, 15) is 9.18 Å². The lowest BCUT2D eigenvalue weighted by atomic mass is 10.0. The van der Waals surface area contributed by atoms with Crippen LogP contribution in [0.4, 0.5) is 10.1 Å². The van der Waals surface area contributed by atoms with Crippen LogP contribution in [0.5, 0.6) is 0 Å². The normalized spacial score (nSPS) is 18.0. The van der Waals surface area contributed by atoms with Crippen LogP contribution in [0, 0.1) is 5.82 Å². The van der Waals surface area contributed by atoms with Crippen molar-refractivity contribution in [3.63, 3.8) is 0 Å². The number of rotatable bonds is 4. The summed E-state index contributed by atoms with van der Waals surface area (Å²) >= 11 is 0. The average Bonchev–Trinajstić information content (AvgIpc) is 3.05. The number of anilines is 1. The van der Waals surface area contributed by atoms with Gasteiger partial charge in [-0.25, -0.2) is 4.39 Å². The van der Waals surface area contributed by atoms with Crippen molar-refractivity contribution < 1.29 is 9.18 Å². The number of amides is 1. The zero-order valence-electron chi connectivity index (χ0n) is 14.8. The molecule has 136 valence electrons. The average molecular weight is 353 g/mol. The molecule has 5 heteroatoms. The zero-order valence-corrected chi connectivity index (χ0v) is 14.8. The molecular weight excluding hydrogens is 329 g/mol. The van der Waals surface area contributed by atoms with E-state index < -0.39 is 0 Å². The summed E-state index contributed by atoms with van der Waals surface area (Å²) in [5, 5.41) is 3.19. The van der Waals surface area contributed by atoms with Crippen LogP contribution < -0.4 is 10.2 Å². The highest BCUT2D eigenvalue weighted by molar-refractivity contribution is 5.78. The van der Waals surface area contributed by atoms with Crippen molar-refractivity contribution >= 4 is 11.6 Å². The van der Waals surface area contributed by atoms with Gasteiger partial charge < -0.3 is 10.2 Å². The van der Waals surface area contributed by atoms with Gasteiger partial charge in [-0.2, -0.15) is 0 Å². The number of nitrogens with zero attached hydrogens (tertiary/aromatic N) is 2. The van der Waals surface area contributed by atoms with E-state index in [2.05, 4.69) is 39.4 Å². The topological polar surface area (TPSA) is 35.6 Å². The number of carbonyl (C=O) groups is 1. The first-order valence-corrected chi connectivity index (χ1v) is 9.26. The third-order valence-electron chi connectivity index (χ3n) is 5.33. The van der Waals surface area contributed by atoms with Crippen molar-refractivity contribution in [1.82, 2.24) is 10.2 Å². The largest absolute Gasteiger partial charge is 0.371 e. The minimum atomic E-state index is -0.208. The Balaban J connectivity index is 1.23. The van der Waals surface area contributed by atoms with Gasteiger partial charge in [0, 0.05) is 37.9 Å². The van der Waals surface area contributed by atoms with E-state index in [-0.39, 0.29) is 17.8 Å². The Morgan fingerprint density at radius 3 is 2.23 bits per heavy atom. The molecule has 1 saturated heterocycles. The first-order chi connectivity index (χ1) is 12.7. The molecule has 4 rings (SSSR count). The molecule has 0 bridgehead atoms. The fourth-order valence-electron chi connectivity index (χ4n) is 3.93. The fraction of sp³-hybridized carbons (Fsp3) is 0.381. The van der Waals surface area contributed by atoms with Gasteiger partial charge in [0.1, 0.15) is 5.82 Å². The van der Waals surface area contributed by atoms with Crippen LogP contribution in [-0.2, 0) is 17.9 Å². The molecule has 2 aromatic rings. The Hall–Kier alpha value is -2.40. The molecule has 4 nitrogen and oxygen atoms in total. The lowest BCUT2D eigenvalue weighted by Crippen LogP contribution is -2.47. The number of halogens is 1. The molecule has 2 aromatic carbocycles. The second-order valence-corrected chi connectivity index (χ2v) is 7.22. The molecule has 0 aliphatic carbocycles. The summed E-state index contributed by atoms with van der Waals surface area (Å²) in [6.45, 7) is 3.92. The molecule has 2 aliphatic rings. The van der Waals surface area contributed by atoms with E-state index in [0.717, 1.165) is 44.7 Å². The highest BCUT2D eigenvalue weighted by atomic mass is 19.1. The van der Waals surface area contributed by atoms with E-state index in [1.54, 1.807) is 0 Å². The molecule has 26 heavy (non-hydrogen) atoms. The lowest BCUT2D eigenvalue weighted by molar-refractivity contribution is -0.123. The van der Waals surface area contributed by atoms with E-state index in [1.165, 1.54) is 23.3 Å². The van der Waals surface area contributed by atoms with Gasteiger partial charge in [0.05, 0.1) is 6.54 Å². The van der Waals surface area contributed by atoms with Crippen LogP contribution >= 0.6 is 0 Å². The van der Waals surface area contributed by atoms with Gasteiger partial charge in [-0.3, -0.25) is 9.69 Å². The van der Waals surface area contributed by atoms with Crippen LogP contribution in [0.25, 0.3) is 0 Å². The summed E-state index contributed by atoms with van der Waals surface area (Å²) in [7, 11) is 0. The van der Waals surface area contributed by atoms with Crippen molar-refractivity contribution in [2.45, 2.75) is 32.0 Å². The predicted octanol–water partition coefficient (Wildman–Crippen LogP) is 2.93. The molecular formula is C21H24FN3O. The number of nitrogens with one attached hydrogen (secondary N) is 1. The molecule has 0 saturated carbocycles. The van der Waals surface area contributed by atoms with Gasteiger partial charge in [0.15, 0.2) is 0 Å². The second-order valence-electron chi connectivity index (χ2n) is 7.22. The fourth-order valence-corrected chi connectivity index (χ4v) is 3.93. The molecule has 0 radical (unpaired) electrons. The molecule has 0 aromatic heterocycles. The van der Waals surface area contributed by atoms with Gasteiger partial charge in [-0.1, -0.05) is 24.3 Å². The Bertz CT molecular complexity index is 744. The van der Waals surface area contributed by atoms with Crippen LogP contribution in [0.15, 0.2) is 48.5 Å². The van der Waals surface area contributed by atoms with Crippen LogP contribution in [-0.4, -0.2) is 36.5 Å². The number of hydrogen-bond acceptors (Lipinski definition) is 3. The summed E-state index contributed by atoms with van der Waals surface area (Å²) in [6, 6.07) is 15.2. The number of fused-ring (bicyclic) bond motifs is 1. The molecule has 2 heterocycles. The van der Waals surface area contributed by atoms with Crippen LogP contribution in [0.3, 0.4) is 0 Å². The van der Waals surface area contributed by atoms with Crippen molar-refractivity contribution in [3.05, 3.63) is 65.5 Å². The van der Waals surface area contributed by atoms with E-state index in [1.807, 2.05) is 12.1 Å². The monoisotopic (exact) mass is 353 g/mol. The summed E-state index contributed by atoms with van der Waals surface area (Å²) < 4.78 is 13.0. The molecule has 1 amide bonds. The van der Waals surface area contributed by atoms with E-state index in [0.29, 0.717) is 6.54 Å². The molecule has 0 atom stereocenters. The lowest BCUT2D eigenvalue weighted by Gasteiger charge is -2.34. The third kappa shape index (κ3) is 3.88. The summed E-state index contributed by atoms with van der Waals surface area (Å²) in [6.07, 6.45) is 1.84. The Kier molecular flexibility index (Phi) is 4.89. The van der Waals surface area contributed by atoms with Gasteiger partial charge in [0.2, 0.25) is 5.91 Å². The second kappa shape index (κ2) is 7.46. The minimum Gasteiger partial charge on any atom is -0.371 e. The number of piperidine rings is 1. The zero-order chi connectivity index (χ0) is 17.9. The van der Waals surface area contributed by atoms with Crippen molar-refractivity contribution in [2.24, 2.45) is 0 Å². The van der Waals surface area contributed by atoms with Gasteiger partial charge in [0.25, 0.3) is 0 Å². The summed E-state index contributed by atoms with van der Waals surface area (Å²) in [4.78, 5) is 16.8. The Labute approximate surface area is 153 Å². The van der Waals surface area contributed by atoms with E-state index >= 15 is 0 Å². The molecule has 0 spiro atoms. The molecule has 1 fully saturated rings. The number of benzene rings is 2. The van der Waals surface area contributed by atoms with Crippen molar-refractivity contribution in [2.75, 3.05) is 24.5 Å². The Morgan fingerprint density at radius 1 is 1.00 bits per heavy atom. The highest BCUT2D eigenvalue weighted by Crippen LogP contribution is 2.22. The third-order valence-corrected chi connectivity index (χ3v) is 5.33. The summed E-state index contributed by atoms with van der Waals surface area (Å²) in [5.41, 5.74) is 3.70. The number of hydrogen-bond donors (Lipinski definition) is 1. The molecule has 0 unspecified atom stereocenters. The SMILES string of the molecule is O=C(CN1Cc2ccccc2C1)NC1CCN(c2ccc(F)cc2)CC1. The number of carbonyl (C=O) groups excluding carboxylic acids is 1. The first-order valence-electron chi connectivity index (χ1n) is 9.26. The molecule has 1 N–H and O–H groups in total. The quantitative estimate of drug-likeness (QED) is 0.918. The standard InChI is InChI=1S/C21H24FN3O/c22-18-5-7-20(8-6-18)25-11-9-19(10-12-25)23-21(26)15-24-13-16-3-1-2-4-17(16)14-24/h1-8,19H,9-15H2,(H,23,26).